The number of benzene rings is 1. The Morgan fingerprint density at radius 1 is 1.11 bits per heavy atom. The van der Waals surface area contributed by atoms with Crippen molar-refractivity contribution in [3.63, 3.8) is 0 Å². The molecule has 3 fully saturated rings. The van der Waals surface area contributed by atoms with Crippen LogP contribution in [-0.2, 0) is 17.6 Å². The van der Waals surface area contributed by atoms with Gasteiger partial charge in [0.15, 0.2) is 11.8 Å². The number of hydrogen-bond acceptors (Lipinski definition) is 7. The smallest absolute Gasteiger partial charge is 0.381 e. The Labute approximate surface area is 252 Å². The Bertz CT molecular complexity index is 1440. The highest BCUT2D eigenvalue weighted by molar-refractivity contribution is 6.01. The molecule has 2 heterocycles. The van der Waals surface area contributed by atoms with Crippen LogP contribution >= 0.6 is 0 Å². The Morgan fingerprint density at radius 2 is 1.77 bits per heavy atom. The zero-order valence-corrected chi connectivity index (χ0v) is 24.8. The maximum absolute atomic E-state index is 14.1. The van der Waals surface area contributed by atoms with E-state index in [4.69, 9.17) is 0 Å². The van der Waals surface area contributed by atoms with Crippen LogP contribution < -0.4 is 16.0 Å². The van der Waals surface area contributed by atoms with Crippen molar-refractivity contribution in [2.24, 2.45) is 23.7 Å². The number of amides is 4. The molecule has 1 saturated heterocycles. The minimum Gasteiger partial charge on any atom is -0.381 e. The summed E-state index contributed by atoms with van der Waals surface area (Å²) in [5, 5.41) is 26.5. The van der Waals surface area contributed by atoms with Crippen LogP contribution in [0.1, 0.15) is 66.8 Å². The molecule has 44 heavy (non-hydrogen) atoms. The third kappa shape index (κ3) is 5.64. The molecule has 1 aromatic carbocycles. The van der Waals surface area contributed by atoms with Gasteiger partial charge in [-0.2, -0.15) is 13.2 Å². The highest BCUT2D eigenvalue weighted by Crippen LogP contribution is 2.51. The zero-order valence-electron chi connectivity index (χ0n) is 24.8. The van der Waals surface area contributed by atoms with Crippen LogP contribution in [-0.4, -0.2) is 74.6 Å². The maximum Gasteiger partial charge on any atom is 0.416 e. The molecule has 0 radical (unpaired) electrons. The normalized spacial score (nSPS) is 24.8. The lowest BCUT2D eigenvalue weighted by Gasteiger charge is -2.42. The first-order valence-corrected chi connectivity index (χ1v) is 15.1. The zero-order chi connectivity index (χ0) is 31.6. The van der Waals surface area contributed by atoms with Crippen molar-refractivity contribution < 1.29 is 37.3 Å². The van der Waals surface area contributed by atoms with Crippen LogP contribution in [0.3, 0.4) is 0 Å². The number of alkyl halides is 3. The fourth-order valence-corrected chi connectivity index (χ4v) is 7.02. The van der Waals surface area contributed by atoms with Crippen molar-refractivity contribution in [1.29, 1.82) is 0 Å². The molecule has 11 nitrogen and oxygen atoms in total. The Balaban J connectivity index is 1.25. The standard InChI is InChI=1S/C30H37F3N6O5/c1-14(2)21-13-39(28(43)35-21)29(27(42)30(31,32)33)11-18-8-9-20(10-19(18)12-29)34-26(41)24(22(16-4-5-16)17-6-7-17)36-25(40)23-15(3)37-44-38-23/h8-10,14,16-17,21-22,24,27,42H,4-7,11-13H2,1-3H3,(H,34,41)(H,35,43)(H,36,40)/t21-,24-,27?,29?/m0/s1. The number of halogens is 3. The molecule has 4 amide bonds. The molecule has 6 rings (SSSR count). The Hall–Kier alpha value is -3.68. The number of aliphatic hydroxyl groups is 1. The first-order chi connectivity index (χ1) is 20.8. The van der Waals surface area contributed by atoms with E-state index >= 15 is 0 Å². The third-order valence-corrected chi connectivity index (χ3v) is 9.72. The van der Waals surface area contributed by atoms with Crippen LogP contribution in [0, 0.1) is 30.6 Å². The molecule has 0 bridgehead atoms. The van der Waals surface area contributed by atoms with Crippen molar-refractivity contribution in [1.82, 2.24) is 25.8 Å². The van der Waals surface area contributed by atoms with Gasteiger partial charge in [-0.3, -0.25) is 9.59 Å². The molecule has 14 heteroatoms. The second-order valence-electron chi connectivity index (χ2n) is 13.2. The van der Waals surface area contributed by atoms with Gasteiger partial charge in [-0.1, -0.05) is 25.1 Å². The van der Waals surface area contributed by atoms with Crippen molar-refractivity contribution >= 4 is 23.5 Å². The van der Waals surface area contributed by atoms with E-state index < -0.39 is 41.7 Å². The largest absolute Gasteiger partial charge is 0.416 e. The van der Waals surface area contributed by atoms with E-state index in [0.29, 0.717) is 34.3 Å². The summed E-state index contributed by atoms with van der Waals surface area (Å²) >= 11 is 0. The maximum atomic E-state index is 14.1. The molecule has 2 aromatic rings. The van der Waals surface area contributed by atoms with Crippen LogP contribution in [0.5, 0.6) is 0 Å². The number of aliphatic hydroxyl groups excluding tert-OH is 1. The van der Waals surface area contributed by atoms with Gasteiger partial charge in [-0.15, -0.1) is 0 Å². The fourth-order valence-electron chi connectivity index (χ4n) is 7.02. The van der Waals surface area contributed by atoms with E-state index in [1.165, 1.54) is 0 Å². The Kier molecular flexibility index (Phi) is 7.61. The number of fused-ring (bicyclic) bond motifs is 1. The Morgan fingerprint density at radius 3 is 2.32 bits per heavy atom. The number of aromatic nitrogens is 2. The predicted octanol–water partition coefficient (Wildman–Crippen LogP) is 3.36. The summed E-state index contributed by atoms with van der Waals surface area (Å²) < 4.78 is 46.9. The lowest BCUT2D eigenvalue weighted by Crippen LogP contribution is -2.63. The molecule has 2 unspecified atom stereocenters. The number of carbonyl (C=O) groups is 3. The van der Waals surface area contributed by atoms with Gasteiger partial charge in [0.1, 0.15) is 11.7 Å². The van der Waals surface area contributed by atoms with E-state index in [0.717, 1.165) is 30.6 Å². The summed E-state index contributed by atoms with van der Waals surface area (Å²) in [7, 11) is 0. The number of nitrogens with one attached hydrogen (secondary N) is 3. The lowest BCUT2D eigenvalue weighted by molar-refractivity contribution is -0.236. The van der Waals surface area contributed by atoms with Gasteiger partial charge in [0.05, 0.1) is 11.6 Å². The molecule has 4 aliphatic rings. The van der Waals surface area contributed by atoms with E-state index in [1.807, 2.05) is 13.8 Å². The fraction of sp³-hybridized carbons (Fsp3) is 0.633. The highest BCUT2D eigenvalue weighted by Gasteiger charge is 2.61. The molecule has 3 aliphatic carbocycles. The molecule has 1 aliphatic heterocycles. The summed E-state index contributed by atoms with van der Waals surface area (Å²) in [5.74, 6) is -0.469. The number of urea groups is 1. The van der Waals surface area contributed by atoms with Gasteiger partial charge in [0.25, 0.3) is 5.91 Å². The second-order valence-corrected chi connectivity index (χ2v) is 13.2. The van der Waals surface area contributed by atoms with Crippen LogP contribution in [0.2, 0.25) is 0 Å². The monoisotopic (exact) mass is 618 g/mol. The number of rotatable bonds is 10. The first kappa shape index (κ1) is 30.4. The summed E-state index contributed by atoms with van der Waals surface area (Å²) in [4.78, 5) is 41.0. The van der Waals surface area contributed by atoms with Crippen LogP contribution in [0.25, 0.3) is 0 Å². The van der Waals surface area contributed by atoms with Crippen LogP contribution in [0.4, 0.5) is 23.7 Å². The van der Waals surface area contributed by atoms with Gasteiger partial charge in [-0.05, 0) is 97.5 Å². The first-order valence-electron chi connectivity index (χ1n) is 15.1. The summed E-state index contributed by atoms with van der Waals surface area (Å²) in [6, 6.07) is 2.96. The van der Waals surface area contributed by atoms with Gasteiger partial charge in [-0.25, -0.2) is 9.42 Å². The quantitative estimate of drug-likeness (QED) is 0.319. The van der Waals surface area contributed by atoms with E-state index in [1.54, 1.807) is 25.1 Å². The van der Waals surface area contributed by atoms with Crippen LogP contribution in [0.15, 0.2) is 22.8 Å². The number of nitrogens with zero attached hydrogens (tertiary/aromatic N) is 3. The van der Waals surface area contributed by atoms with E-state index in [9.17, 15) is 32.7 Å². The topological polar surface area (TPSA) is 150 Å². The molecule has 4 N–H and O–H groups in total. The highest BCUT2D eigenvalue weighted by atomic mass is 19.4. The number of carbonyl (C=O) groups excluding carboxylic acids is 3. The lowest BCUT2D eigenvalue weighted by atomic mass is 9.86. The molecule has 238 valence electrons. The summed E-state index contributed by atoms with van der Waals surface area (Å²) in [6.07, 6.45) is -4.29. The molecule has 2 saturated carbocycles. The second kappa shape index (κ2) is 11.0. The molecular formula is C30H37F3N6O5. The van der Waals surface area contributed by atoms with Gasteiger partial charge in [0, 0.05) is 12.2 Å². The van der Waals surface area contributed by atoms with Gasteiger partial charge >= 0.3 is 12.2 Å². The van der Waals surface area contributed by atoms with Gasteiger partial charge in [0.2, 0.25) is 5.91 Å². The molecule has 4 atom stereocenters. The third-order valence-electron chi connectivity index (χ3n) is 9.72. The molecule has 1 aromatic heterocycles. The predicted molar refractivity (Wildman–Crippen MR) is 150 cm³/mol. The van der Waals surface area contributed by atoms with Crippen molar-refractivity contribution in [2.75, 3.05) is 11.9 Å². The minimum absolute atomic E-state index is 0.00380. The summed E-state index contributed by atoms with van der Waals surface area (Å²) in [6.45, 7) is 5.36. The average molecular weight is 619 g/mol. The van der Waals surface area contributed by atoms with Crippen molar-refractivity contribution in [3.05, 3.63) is 40.7 Å². The summed E-state index contributed by atoms with van der Waals surface area (Å²) in [5.41, 5.74) is -0.236. The van der Waals surface area contributed by atoms with E-state index in [-0.39, 0.29) is 43.0 Å². The van der Waals surface area contributed by atoms with Crippen molar-refractivity contribution in [3.8, 4) is 0 Å². The molecular weight excluding hydrogens is 581 g/mol. The number of anilines is 1. The minimum atomic E-state index is -4.96. The number of hydrogen-bond donors (Lipinski definition) is 4. The average Bonchev–Trinajstić information content (AvgIpc) is 3.86. The van der Waals surface area contributed by atoms with E-state index in [2.05, 4.69) is 30.9 Å². The number of aryl methyl sites for hydroxylation is 1. The van der Waals surface area contributed by atoms with Crippen molar-refractivity contribution in [2.45, 2.75) is 89.2 Å². The molecule has 0 spiro atoms. The SMILES string of the molecule is Cc1nonc1C(=O)N[C@H](C(=O)Nc1ccc2c(c1)CC(C(O)C(F)(F)F)(N1C[C@@H](C(C)C)NC1=O)C2)C(C1CC1)C1CC1. The van der Waals surface area contributed by atoms with Gasteiger partial charge < -0.3 is 26.0 Å².